The molecule has 0 radical (unpaired) electrons. The lowest BCUT2D eigenvalue weighted by atomic mass is 10.0. The lowest BCUT2D eigenvalue weighted by Crippen LogP contribution is -2.56. The molecule has 1 aliphatic rings. The quantitative estimate of drug-likeness (QED) is 0.831. The smallest absolute Gasteiger partial charge is 0.407 e. The van der Waals surface area contributed by atoms with Crippen LogP contribution >= 0.6 is 0 Å². The van der Waals surface area contributed by atoms with E-state index in [1.54, 1.807) is 46.3 Å². The number of amides is 1. The average molecular weight is 394 g/mol. The molecule has 10 heteroatoms. The summed E-state index contributed by atoms with van der Waals surface area (Å²) >= 11 is 0. The lowest BCUT2D eigenvalue weighted by molar-refractivity contribution is -0.0231. The highest BCUT2D eigenvalue weighted by Crippen LogP contribution is 2.34. The van der Waals surface area contributed by atoms with E-state index in [9.17, 15) is 13.6 Å². The SMILES string of the molecule is Cc1ncc(-c2cn[nH]c2)c(N2CC(NC(=O)OC(C)(C)C)CC(F)(F)C2)n1. The molecule has 2 aromatic rings. The fraction of sp³-hybridized carbons (Fsp3) is 0.556. The molecule has 3 rings (SSSR count). The Labute approximate surface area is 161 Å². The number of aromatic nitrogens is 4. The zero-order valence-corrected chi connectivity index (χ0v) is 16.3. The first-order valence-corrected chi connectivity index (χ1v) is 8.97. The van der Waals surface area contributed by atoms with Crippen LogP contribution in [0.3, 0.4) is 0 Å². The van der Waals surface area contributed by atoms with E-state index in [4.69, 9.17) is 4.74 Å². The summed E-state index contributed by atoms with van der Waals surface area (Å²) in [5.74, 6) is -2.15. The van der Waals surface area contributed by atoms with Gasteiger partial charge in [-0.15, -0.1) is 0 Å². The number of halogens is 2. The number of carbonyl (C=O) groups excluding carboxylic acids is 1. The number of ether oxygens (including phenoxy) is 1. The lowest BCUT2D eigenvalue weighted by Gasteiger charge is -2.39. The molecular weight excluding hydrogens is 370 g/mol. The number of carbonyl (C=O) groups is 1. The van der Waals surface area contributed by atoms with Gasteiger partial charge in [0.2, 0.25) is 0 Å². The van der Waals surface area contributed by atoms with Crippen LogP contribution in [0.2, 0.25) is 0 Å². The molecule has 1 unspecified atom stereocenters. The minimum Gasteiger partial charge on any atom is -0.444 e. The van der Waals surface area contributed by atoms with Crippen LogP contribution in [0.5, 0.6) is 0 Å². The van der Waals surface area contributed by atoms with E-state index < -0.39 is 36.6 Å². The Bertz CT molecular complexity index is 835. The number of H-pyrrole nitrogens is 1. The number of nitrogens with zero attached hydrogens (tertiary/aromatic N) is 4. The van der Waals surface area contributed by atoms with Crippen molar-refractivity contribution in [3.8, 4) is 11.1 Å². The summed E-state index contributed by atoms with van der Waals surface area (Å²) in [4.78, 5) is 22.1. The number of nitrogens with one attached hydrogen (secondary N) is 2. The standard InChI is InChI=1S/C18H24F2N6O2/c1-11-21-8-14(12-6-22-23-7-12)15(24-11)26-9-13(5-18(19,20)10-26)25-16(27)28-17(2,3)4/h6-8,13H,5,9-10H2,1-4H3,(H,22,23)(H,25,27). The summed E-state index contributed by atoms with van der Waals surface area (Å²) in [6, 6.07) is -0.786. The van der Waals surface area contributed by atoms with Crippen LogP contribution in [0.1, 0.15) is 33.0 Å². The fourth-order valence-corrected chi connectivity index (χ4v) is 3.13. The molecule has 1 amide bonds. The summed E-state index contributed by atoms with van der Waals surface area (Å²) in [7, 11) is 0. The predicted octanol–water partition coefficient (Wildman–Crippen LogP) is 2.91. The van der Waals surface area contributed by atoms with Crippen LogP contribution in [0.4, 0.5) is 19.4 Å². The van der Waals surface area contributed by atoms with E-state index >= 15 is 0 Å². The van der Waals surface area contributed by atoms with Crippen molar-refractivity contribution in [3.05, 3.63) is 24.4 Å². The second kappa shape index (κ2) is 7.33. The van der Waals surface area contributed by atoms with Gasteiger partial charge in [0.1, 0.15) is 17.2 Å². The van der Waals surface area contributed by atoms with Gasteiger partial charge in [0.15, 0.2) is 0 Å². The van der Waals surface area contributed by atoms with Crippen molar-refractivity contribution in [1.82, 2.24) is 25.5 Å². The highest BCUT2D eigenvalue weighted by molar-refractivity contribution is 5.74. The molecular formula is C18H24F2N6O2. The van der Waals surface area contributed by atoms with Gasteiger partial charge in [-0.3, -0.25) is 5.10 Å². The molecule has 1 aliphatic heterocycles. The third kappa shape index (κ3) is 4.93. The second-order valence-electron chi connectivity index (χ2n) is 7.93. The first kappa shape index (κ1) is 20.0. The topological polar surface area (TPSA) is 96.0 Å². The summed E-state index contributed by atoms with van der Waals surface area (Å²) in [6.45, 7) is 6.53. The van der Waals surface area contributed by atoms with E-state index in [0.717, 1.165) is 0 Å². The maximum Gasteiger partial charge on any atom is 0.407 e. The number of hydrogen-bond donors (Lipinski definition) is 2. The molecule has 0 aliphatic carbocycles. The van der Waals surface area contributed by atoms with Crippen molar-refractivity contribution in [3.63, 3.8) is 0 Å². The minimum absolute atomic E-state index is 0.177. The number of piperidine rings is 1. The molecule has 3 heterocycles. The van der Waals surface area contributed by atoms with Gasteiger partial charge in [0.05, 0.1) is 18.8 Å². The largest absolute Gasteiger partial charge is 0.444 e. The Hall–Kier alpha value is -2.78. The van der Waals surface area contributed by atoms with Gasteiger partial charge in [-0.2, -0.15) is 5.10 Å². The van der Waals surface area contributed by atoms with Gasteiger partial charge < -0.3 is 15.0 Å². The second-order valence-corrected chi connectivity index (χ2v) is 7.93. The van der Waals surface area contributed by atoms with Gasteiger partial charge in [-0.25, -0.2) is 23.5 Å². The van der Waals surface area contributed by atoms with E-state index in [1.807, 2.05) is 0 Å². The zero-order valence-electron chi connectivity index (χ0n) is 16.3. The van der Waals surface area contributed by atoms with E-state index in [-0.39, 0.29) is 6.54 Å². The maximum absolute atomic E-state index is 14.5. The molecule has 8 nitrogen and oxygen atoms in total. The van der Waals surface area contributed by atoms with Crippen LogP contribution in [0.15, 0.2) is 18.6 Å². The van der Waals surface area contributed by atoms with E-state index in [0.29, 0.717) is 22.8 Å². The maximum atomic E-state index is 14.5. The molecule has 28 heavy (non-hydrogen) atoms. The van der Waals surface area contributed by atoms with Crippen LogP contribution in [-0.4, -0.2) is 56.9 Å². The third-order valence-electron chi connectivity index (χ3n) is 4.13. The number of alkyl halides is 2. The number of aryl methyl sites for hydroxylation is 1. The van der Waals surface area contributed by atoms with Crippen LogP contribution in [0, 0.1) is 6.92 Å². The van der Waals surface area contributed by atoms with Crippen molar-refractivity contribution < 1.29 is 18.3 Å². The van der Waals surface area contributed by atoms with Crippen molar-refractivity contribution in [2.24, 2.45) is 0 Å². The van der Waals surface area contributed by atoms with Crippen molar-refractivity contribution in [1.29, 1.82) is 0 Å². The Kier molecular flexibility index (Phi) is 5.22. The normalized spacial score (nSPS) is 19.4. The molecule has 1 saturated heterocycles. The molecule has 2 aromatic heterocycles. The van der Waals surface area contributed by atoms with E-state index in [2.05, 4.69) is 25.5 Å². The fourth-order valence-electron chi connectivity index (χ4n) is 3.13. The van der Waals surface area contributed by atoms with Crippen LogP contribution < -0.4 is 10.2 Å². The summed E-state index contributed by atoms with van der Waals surface area (Å²) < 4.78 is 34.1. The number of rotatable bonds is 3. The molecule has 1 atom stereocenters. The molecule has 0 aromatic carbocycles. The van der Waals surface area contributed by atoms with Crippen molar-refractivity contribution in [2.45, 2.75) is 51.7 Å². The predicted molar refractivity (Wildman–Crippen MR) is 99.3 cm³/mol. The molecule has 0 bridgehead atoms. The number of hydrogen-bond acceptors (Lipinski definition) is 6. The minimum atomic E-state index is -3.00. The molecule has 152 valence electrons. The van der Waals surface area contributed by atoms with Gasteiger partial charge in [0, 0.05) is 36.5 Å². The molecule has 1 fully saturated rings. The molecule has 0 saturated carbocycles. The van der Waals surface area contributed by atoms with Crippen LogP contribution in [-0.2, 0) is 4.74 Å². The third-order valence-corrected chi connectivity index (χ3v) is 4.13. The summed E-state index contributed by atoms with van der Waals surface area (Å²) in [6.07, 6.45) is 3.63. The highest BCUT2D eigenvalue weighted by Gasteiger charge is 2.42. The van der Waals surface area contributed by atoms with Gasteiger partial charge in [-0.05, 0) is 27.7 Å². The van der Waals surface area contributed by atoms with Crippen LogP contribution in [0.25, 0.3) is 11.1 Å². The number of anilines is 1. The first-order chi connectivity index (χ1) is 13.0. The van der Waals surface area contributed by atoms with Gasteiger partial charge in [0.25, 0.3) is 5.92 Å². The monoisotopic (exact) mass is 394 g/mol. The Balaban J connectivity index is 1.86. The number of alkyl carbamates (subject to hydrolysis) is 1. The van der Waals surface area contributed by atoms with Gasteiger partial charge >= 0.3 is 6.09 Å². The first-order valence-electron chi connectivity index (χ1n) is 8.97. The number of aromatic amines is 1. The average Bonchev–Trinajstić information content (AvgIpc) is 3.05. The van der Waals surface area contributed by atoms with Gasteiger partial charge in [-0.1, -0.05) is 0 Å². The van der Waals surface area contributed by atoms with Crippen molar-refractivity contribution in [2.75, 3.05) is 18.0 Å². The Morgan fingerprint density at radius 2 is 2.14 bits per heavy atom. The Morgan fingerprint density at radius 3 is 2.79 bits per heavy atom. The van der Waals surface area contributed by atoms with E-state index in [1.165, 1.54) is 4.90 Å². The molecule has 0 spiro atoms. The Morgan fingerprint density at radius 1 is 1.39 bits per heavy atom. The highest BCUT2D eigenvalue weighted by atomic mass is 19.3. The summed E-state index contributed by atoms with van der Waals surface area (Å²) in [5.41, 5.74) is 0.577. The van der Waals surface area contributed by atoms with Crippen molar-refractivity contribution >= 4 is 11.9 Å². The zero-order chi connectivity index (χ0) is 20.5. The summed E-state index contributed by atoms with van der Waals surface area (Å²) in [5, 5.41) is 9.16. The molecule has 2 N–H and O–H groups in total.